The summed E-state index contributed by atoms with van der Waals surface area (Å²) in [7, 11) is 0. The highest BCUT2D eigenvalue weighted by molar-refractivity contribution is 6.31. The van der Waals surface area contributed by atoms with Gasteiger partial charge < -0.3 is 5.73 Å². The molecule has 2 aromatic rings. The molecule has 0 bridgehead atoms. The Morgan fingerprint density at radius 2 is 2.00 bits per heavy atom. The monoisotopic (exact) mass is 250 g/mol. The minimum absolute atomic E-state index is 0.0848. The Morgan fingerprint density at radius 1 is 1.24 bits per heavy atom. The maximum Gasteiger partial charge on any atom is 0.141 e. The van der Waals surface area contributed by atoms with Crippen molar-refractivity contribution in [1.29, 1.82) is 0 Å². The zero-order valence-electron chi connectivity index (χ0n) is 9.32. The number of halogens is 2. The molecule has 0 aliphatic heterocycles. The van der Waals surface area contributed by atoms with Gasteiger partial charge in [-0.1, -0.05) is 17.7 Å². The molecule has 2 rings (SSSR count). The van der Waals surface area contributed by atoms with E-state index in [9.17, 15) is 4.39 Å². The van der Waals surface area contributed by atoms with Gasteiger partial charge in [-0.3, -0.25) is 4.98 Å². The smallest absolute Gasteiger partial charge is 0.141 e. The summed E-state index contributed by atoms with van der Waals surface area (Å²) < 4.78 is 13.1. The topological polar surface area (TPSA) is 38.9 Å². The summed E-state index contributed by atoms with van der Waals surface area (Å²) in [5.41, 5.74) is 8.42. The average Bonchev–Trinajstić information content (AvgIpc) is 2.33. The SMILES string of the molecule is CC(N)c1cncc(-c2ccc(F)c(Cl)c2)c1. The molecule has 2 nitrogen and oxygen atoms in total. The van der Waals surface area contributed by atoms with Gasteiger partial charge in [-0.25, -0.2) is 4.39 Å². The Bertz CT molecular complexity index is 541. The second kappa shape index (κ2) is 4.82. The van der Waals surface area contributed by atoms with Crippen LogP contribution in [0.1, 0.15) is 18.5 Å². The lowest BCUT2D eigenvalue weighted by Gasteiger charge is -2.08. The molecule has 0 aliphatic carbocycles. The fourth-order valence-corrected chi connectivity index (χ4v) is 1.72. The molecular formula is C13H12ClFN2. The van der Waals surface area contributed by atoms with E-state index in [1.165, 1.54) is 6.07 Å². The van der Waals surface area contributed by atoms with Gasteiger partial charge in [0.25, 0.3) is 0 Å². The summed E-state index contributed by atoms with van der Waals surface area (Å²) in [6, 6.07) is 6.44. The molecule has 1 heterocycles. The number of benzene rings is 1. The van der Waals surface area contributed by atoms with Crippen LogP contribution in [0.3, 0.4) is 0 Å². The van der Waals surface area contributed by atoms with Gasteiger partial charge in [-0.05, 0) is 36.2 Å². The highest BCUT2D eigenvalue weighted by Crippen LogP contribution is 2.25. The second-order valence-electron chi connectivity index (χ2n) is 3.92. The van der Waals surface area contributed by atoms with E-state index in [1.54, 1.807) is 24.5 Å². The summed E-state index contributed by atoms with van der Waals surface area (Å²) in [4.78, 5) is 4.12. The van der Waals surface area contributed by atoms with Gasteiger partial charge in [0.15, 0.2) is 0 Å². The van der Waals surface area contributed by atoms with Crippen molar-refractivity contribution in [2.24, 2.45) is 5.73 Å². The van der Waals surface area contributed by atoms with Crippen LogP contribution in [0.15, 0.2) is 36.7 Å². The van der Waals surface area contributed by atoms with E-state index in [0.717, 1.165) is 16.7 Å². The van der Waals surface area contributed by atoms with Crippen LogP contribution in [-0.2, 0) is 0 Å². The standard InChI is InChI=1S/C13H12ClFN2/c1-8(16)10-4-11(7-17-6-10)9-2-3-13(15)12(14)5-9/h2-8H,16H2,1H3. The van der Waals surface area contributed by atoms with E-state index in [0.29, 0.717) is 0 Å². The second-order valence-corrected chi connectivity index (χ2v) is 4.33. The Balaban J connectivity index is 2.45. The fourth-order valence-electron chi connectivity index (χ4n) is 1.54. The van der Waals surface area contributed by atoms with Gasteiger partial charge in [0, 0.05) is 24.0 Å². The van der Waals surface area contributed by atoms with Gasteiger partial charge in [-0.2, -0.15) is 0 Å². The van der Waals surface area contributed by atoms with Crippen molar-refractivity contribution in [3.05, 3.63) is 53.1 Å². The Morgan fingerprint density at radius 3 is 2.65 bits per heavy atom. The molecule has 4 heteroatoms. The third-order valence-corrected chi connectivity index (χ3v) is 2.83. The number of nitrogens with two attached hydrogens (primary N) is 1. The first kappa shape index (κ1) is 12.0. The number of pyridine rings is 1. The number of nitrogens with zero attached hydrogens (tertiary/aromatic N) is 1. The molecule has 88 valence electrons. The molecule has 1 aromatic heterocycles. The Kier molecular flexibility index (Phi) is 3.41. The van der Waals surface area contributed by atoms with E-state index in [-0.39, 0.29) is 11.1 Å². The Hall–Kier alpha value is -1.45. The van der Waals surface area contributed by atoms with E-state index in [4.69, 9.17) is 17.3 Å². The predicted octanol–water partition coefficient (Wildman–Crippen LogP) is 3.56. The summed E-state index contributed by atoms with van der Waals surface area (Å²) in [6.07, 6.45) is 3.43. The highest BCUT2D eigenvalue weighted by atomic mass is 35.5. The first-order valence-electron chi connectivity index (χ1n) is 5.24. The lowest BCUT2D eigenvalue weighted by atomic mass is 10.0. The molecule has 0 amide bonds. The average molecular weight is 251 g/mol. The number of hydrogen-bond acceptors (Lipinski definition) is 2. The maximum absolute atomic E-state index is 13.1. The molecule has 1 aromatic carbocycles. The van der Waals surface area contributed by atoms with Crippen LogP contribution in [0.2, 0.25) is 5.02 Å². The quantitative estimate of drug-likeness (QED) is 0.885. The van der Waals surface area contributed by atoms with Gasteiger partial charge in [0.1, 0.15) is 5.82 Å². The van der Waals surface area contributed by atoms with Gasteiger partial charge in [-0.15, -0.1) is 0 Å². The summed E-state index contributed by atoms with van der Waals surface area (Å²) in [5, 5.41) is 0.105. The van der Waals surface area contributed by atoms with Crippen LogP contribution >= 0.6 is 11.6 Å². The van der Waals surface area contributed by atoms with Crippen LogP contribution in [-0.4, -0.2) is 4.98 Å². The summed E-state index contributed by atoms with van der Waals surface area (Å²) in [5.74, 6) is -0.424. The van der Waals surface area contributed by atoms with E-state index in [1.807, 2.05) is 13.0 Å². The minimum atomic E-state index is -0.424. The van der Waals surface area contributed by atoms with Crippen LogP contribution in [0.25, 0.3) is 11.1 Å². The molecule has 0 saturated heterocycles. The highest BCUT2D eigenvalue weighted by Gasteiger charge is 2.06. The largest absolute Gasteiger partial charge is 0.324 e. The predicted molar refractivity (Wildman–Crippen MR) is 67.2 cm³/mol. The van der Waals surface area contributed by atoms with Crippen molar-refractivity contribution in [1.82, 2.24) is 4.98 Å². The van der Waals surface area contributed by atoms with Crippen molar-refractivity contribution in [2.75, 3.05) is 0 Å². The van der Waals surface area contributed by atoms with Gasteiger partial charge in [0.2, 0.25) is 0 Å². The van der Waals surface area contributed by atoms with Crippen LogP contribution in [0.4, 0.5) is 4.39 Å². The fraction of sp³-hybridized carbons (Fsp3) is 0.154. The van der Waals surface area contributed by atoms with Crippen LogP contribution in [0.5, 0.6) is 0 Å². The molecular weight excluding hydrogens is 239 g/mol. The van der Waals surface area contributed by atoms with Crippen molar-refractivity contribution < 1.29 is 4.39 Å². The third kappa shape index (κ3) is 2.62. The maximum atomic E-state index is 13.1. The molecule has 0 saturated carbocycles. The van der Waals surface area contributed by atoms with Gasteiger partial charge in [0.05, 0.1) is 5.02 Å². The van der Waals surface area contributed by atoms with Crippen molar-refractivity contribution in [3.8, 4) is 11.1 Å². The molecule has 0 fully saturated rings. The number of rotatable bonds is 2. The van der Waals surface area contributed by atoms with E-state index < -0.39 is 5.82 Å². The zero-order valence-corrected chi connectivity index (χ0v) is 10.1. The summed E-state index contributed by atoms with van der Waals surface area (Å²) >= 11 is 5.75. The van der Waals surface area contributed by atoms with Crippen LogP contribution < -0.4 is 5.73 Å². The van der Waals surface area contributed by atoms with E-state index >= 15 is 0 Å². The van der Waals surface area contributed by atoms with E-state index in [2.05, 4.69) is 4.98 Å². The lowest BCUT2D eigenvalue weighted by Crippen LogP contribution is -2.05. The molecule has 1 unspecified atom stereocenters. The molecule has 0 spiro atoms. The summed E-state index contributed by atoms with van der Waals surface area (Å²) in [6.45, 7) is 1.89. The first-order chi connectivity index (χ1) is 8.08. The normalized spacial score (nSPS) is 12.5. The molecule has 1 atom stereocenters. The Labute approximate surface area is 104 Å². The molecule has 17 heavy (non-hydrogen) atoms. The zero-order chi connectivity index (χ0) is 12.4. The minimum Gasteiger partial charge on any atom is -0.324 e. The number of hydrogen-bond donors (Lipinski definition) is 1. The third-order valence-electron chi connectivity index (χ3n) is 2.54. The lowest BCUT2D eigenvalue weighted by molar-refractivity contribution is 0.628. The molecule has 2 N–H and O–H groups in total. The first-order valence-corrected chi connectivity index (χ1v) is 5.61. The molecule has 0 radical (unpaired) electrons. The van der Waals surface area contributed by atoms with Crippen molar-refractivity contribution >= 4 is 11.6 Å². The number of aromatic nitrogens is 1. The molecule has 0 aliphatic rings. The van der Waals surface area contributed by atoms with Crippen molar-refractivity contribution in [3.63, 3.8) is 0 Å². The van der Waals surface area contributed by atoms with Crippen LogP contribution in [0, 0.1) is 5.82 Å². The van der Waals surface area contributed by atoms with Gasteiger partial charge >= 0.3 is 0 Å². The van der Waals surface area contributed by atoms with Crippen molar-refractivity contribution in [2.45, 2.75) is 13.0 Å².